The number of imidazole rings is 1. The topological polar surface area (TPSA) is 47.3 Å². The third-order valence-corrected chi connectivity index (χ3v) is 6.37. The average Bonchev–Trinajstić information content (AvgIpc) is 3.09. The van der Waals surface area contributed by atoms with Gasteiger partial charge in [0, 0.05) is 36.3 Å². The molecule has 5 heteroatoms. The number of aromatic nitrogens is 2. The number of aliphatic hydroxyl groups is 1. The summed E-state index contributed by atoms with van der Waals surface area (Å²) in [6, 6.07) is 14.9. The van der Waals surface area contributed by atoms with Crippen LogP contribution in [0.4, 0.5) is 0 Å². The van der Waals surface area contributed by atoms with Crippen molar-refractivity contribution in [2.24, 2.45) is 7.05 Å². The first-order valence-corrected chi connectivity index (χ1v) is 12.2. The lowest BCUT2D eigenvalue weighted by Crippen LogP contribution is -2.08. The summed E-state index contributed by atoms with van der Waals surface area (Å²) in [6.45, 7) is 9.53. The van der Waals surface area contributed by atoms with E-state index in [1.54, 1.807) is 0 Å². The number of rotatable bonds is 9. The van der Waals surface area contributed by atoms with E-state index in [1.807, 2.05) is 12.1 Å². The number of aryl methyl sites for hydroxylation is 2. The Morgan fingerprint density at radius 3 is 2.50 bits per heavy atom. The molecule has 0 aliphatic carbocycles. The lowest BCUT2D eigenvalue weighted by atomic mass is 9.91. The average molecular weight is 502 g/mol. The summed E-state index contributed by atoms with van der Waals surface area (Å²) in [7, 11) is 3.09. The van der Waals surface area contributed by atoms with Crippen LogP contribution >= 0.6 is 15.9 Å². The van der Waals surface area contributed by atoms with Gasteiger partial charge in [0.1, 0.15) is 11.6 Å². The van der Waals surface area contributed by atoms with Gasteiger partial charge in [-0.3, -0.25) is 0 Å². The van der Waals surface area contributed by atoms with Gasteiger partial charge in [-0.1, -0.05) is 61.3 Å². The number of hydrogen-bond donors (Lipinski definition) is 1. The Bertz CT molecular complexity index is 997. The van der Waals surface area contributed by atoms with Crippen LogP contribution in [0.3, 0.4) is 0 Å². The molecule has 0 aliphatic rings. The van der Waals surface area contributed by atoms with Crippen molar-refractivity contribution < 1.29 is 9.84 Å². The fraction of sp³-hybridized carbons (Fsp3) is 0.444. The van der Waals surface area contributed by atoms with E-state index in [0.29, 0.717) is 12.5 Å². The molecule has 3 rings (SSSR count). The second kappa shape index (κ2) is 12.8. The smallest absolute Gasteiger partial charge is 0.140 e. The number of nitrogens with zero attached hydrogens (tertiary/aromatic N) is 2. The monoisotopic (exact) mass is 500 g/mol. The maximum absolute atomic E-state index is 7.00. The third-order valence-electron chi connectivity index (χ3n) is 5.88. The molecule has 174 valence electrons. The molecule has 32 heavy (non-hydrogen) atoms. The second-order valence-electron chi connectivity index (χ2n) is 8.06. The Kier molecular flexibility index (Phi) is 10.5. The molecule has 0 amide bonds. The molecule has 0 saturated carbocycles. The predicted molar refractivity (Wildman–Crippen MR) is 138 cm³/mol. The molecule has 1 heterocycles. The van der Waals surface area contributed by atoms with Gasteiger partial charge in [-0.2, -0.15) is 0 Å². The van der Waals surface area contributed by atoms with Gasteiger partial charge in [0.25, 0.3) is 0 Å². The zero-order chi connectivity index (χ0) is 23.7. The lowest BCUT2D eigenvalue weighted by Gasteiger charge is -2.17. The minimum Gasteiger partial charge on any atom is -0.493 e. The summed E-state index contributed by atoms with van der Waals surface area (Å²) >= 11 is 3.56. The standard InChI is InChI=1S/C26H33BrN2O.CH4O/c1-6-9-20-17-23(12-13-24(20)18(3)7-2)30-15-14-25-19(4)28-26(29(25)5)21-10-8-11-22(27)16-21;1-2/h8,10-13,16-18H,6-7,9,14-15H2,1-5H3;2H,1H3. The molecule has 0 fully saturated rings. The molecule has 0 saturated heterocycles. The Hall–Kier alpha value is -2.11. The van der Waals surface area contributed by atoms with Crippen LogP contribution in [-0.2, 0) is 19.9 Å². The van der Waals surface area contributed by atoms with Crippen molar-refractivity contribution in [3.8, 4) is 17.1 Å². The third kappa shape index (κ3) is 6.46. The van der Waals surface area contributed by atoms with Crippen LogP contribution in [0.5, 0.6) is 5.75 Å². The first kappa shape index (κ1) is 26.1. The van der Waals surface area contributed by atoms with Gasteiger partial charge in [-0.05, 0) is 61.1 Å². The van der Waals surface area contributed by atoms with E-state index in [4.69, 9.17) is 14.8 Å². The highest BCUT2D eigenvalue weighted by Crippen LogP contribution is 2.28. The summed E-state index contributed by atoms with van der Waals surface area (Å²) in [5.41, 5.74) is 6.29. The summed E-state index contributed by atoms with van der Waals surface area (Å²) in [4.78, 5) is 4.81. The minimum absolute atomic E-state index is 0.592. The van der Waals surface area contributed by atoms with Gasteiger partial charge < -0.3 is 14.4 Å². The molecule has 1 atom stereocenters. The molecule has 0 radical (unpaired) electrons. The van der Waals surface area contributed by atoms with E-state index in [1.165, 1.54) is 16.8 Å². The highest BCUT2D eigenvalue weighted by Gasteiger charge is 2.14. The first-order chi connectivity index (χ1) is 15.4. The van der Waals surface area contributed by atoms with E-state index in [0.717, 1.165) is 60.1 Å². The fourth-order valence-electron chi connectivity index (χ4n) is 4.03. The van der Waals surface area contributed by atoms with E-state index in [-0.39, 0.29) is 0 Å². The van der Waals surface area contributed by atoms with E-state index < -0.39 is 0 Å². The van der Waals surface area contributed by atoms with Gasteiger partial charge >= 0.3 is 0 Å². The van der Waals surface area contributed by atoms with Crippen LogP contribution in [-0.4, -0.2) is 28.4 Å². The molecular formula is C27H37BrN2O2. The second-order valence-corrected chi connectivity index (χ2v) is 8.97. The molecule has 1 unspecified atom stereocenters. The van der Waals surface area contributed by atoms with Crippen LogP contribution in [0.2, 0.25) is 0 Å². The first-order valence-electron chi connectivity index (χ1n) is 11.4. The van der Waals surface area contributed by atoms with E-state index in [2.05, 4.69) is 85.6 Å². The molecule has 2 aromatic carbocycles. The predicted octanol–water partition coefficient (Wildman–Crippen LogP) is 6.85. The lowest BCUT2D eigenvalue weighted by molar-refractivity contribution is 0.318. The molecule has 1 aromatic heterocycles. The molecule has 4 nitrogen and oxygen atoms in total. The number of benzene rings is 2. The summed E-state index contributed by atoms with van der Waals surface area (Å²) < 4.78 is 9.41. The molecule has 0 aliphatic heterocycles. The van der Waals surface area contributed by atoms with Crippen LogP contribution in [0.15, 0.2) is 46.9 Å². The zero-order valence-electron chi connectivity index (χ0n) is 20.3. The van der Waals surface area contributed by atoms with Crippen molar-refractivity contribution in [2.45, 2.75) is 59.3 Å². The van der Waals surface area contributed by atoms with Gasteiger partial charge in [0.15, 0.2) is 0 Å². The minimum atomic E-state index is 0.592. The largest absolute Gasteiger partial charge is 0.493 e. The van der Waals surface area contributed by atoms with Gasteiger partial charge in [0.2, 0.25) is 0 Å². The zero-order valence-corrected chi connectivity index (χ0v) is 21.9. The van der Waals surface area contributed by atoms with Crippen molar-refractivity contribution in [2.75, 3.05) is 13.7 Å². The van der Waals surface area contributed by atoms with E-state index in [9.17, 15) is 0 Å². The maximum atomic E-state index is 7.00. The van der Waals surface area contributed by atoms with Crippen molar-refractivity contribution in [1.29, 1.82) is 0 Å². The Balaban J connectivity index is 0.00000176. The highest BCUT2D eigenvalue weighted by atomic mass is 79.9. The van der Waals surface area contributed by atoms with Gasteiger partial charge in [-0.15, -0.1) is 0 Å². The summed E-state index contributed by atoms with van der Waals surface area (Å²) in [6.07, 6.45) is 4.25. The quantitative estimate of drug-likeness (QED) is 0.349. The van der Waals surface area contributed by atoms with Crippen LogP contribution < -0.4 is 4.74 Å². The fourth-order valence-corrected chi connectivity index (χ4v) is 4.43. The van der Waals surface area contributed by atoms with Crippen LogP contribution in [0.25, 0.3) is 11.4 Å². The van der Waals surface area contributed by atoms with Crippen molar-refractivity contribution in [1.82, 2.24) is 9.55 Å². The normalized spacial score (nSPS) is 11.6. The molecule has 3 aromatic rings. The highest BCUT2D eigenvalue weighted by molar-refractivity contribution is 9.10. The Morgan fingerprint density at radius 2 is 1.84 bits per heavy atom. The number of hydrogen-bond acceptors (Lipinski definition) is 3. The van der Waals surface area contributed by atoms with Crippen molar-refractivity contribution in [3.63, 3.8) is 0 Å². The van der Waals surface area contributed by atoms with Gasteiger partial charge in [0.05, 0.1) is 12.3 Å². The number of ether oxygens (including phenoxy) is 1. The van der Waals surface area contributed by atoms with Crippen molar-refractivity contribution >= 4 is 15.9 Å². The summed E-state index contributed by atoms with van der Waals surface area (Å²) in [5.74, 6) is 2.55. The maximum Gasteiger partial charge on any atom is 0.140 e. The Morgan fingerprint density at radius 1 is 1.09 bits per heavy atom. The van der Waals surface area contributed by atoms with Gasteiger partial charge in [-0.25, -0.2) is 4.98 Å². The molecule has 1 N–H and O–H groups in total. The van der Waals surface area contributed by atoms with Crippen LogP contribution in [0.1, 0.15) is 62.0 Å². The number of halogens is 1. The molecule has 0 bridgehead atoms. The molecular weight excluding hydrogens is 464 g/mol. The molecule has 0 spiro atoms. The van der Waals surface area contributed by atoms with Crippen molar-refractivity contribution in [3.05, 3.63) is 69.5 Å². The number of aliphatic hydroxyl groups excluding tert-OH is 1. The van der Waals surface area contributed by atoms with E-state index >= 15 is 0 Å². The summed E-state index contributed by atoms with van der Waals surface area (Å²) in [5, 5.41) is 7.00. The SMILES string of the molecule is CCCc1cc(OCCc2c(C)nc(-c3cccc(Br)c3)n2C)ccc1C(C)CC.CO. The van der Waals surface area contributed by atoms with Crippen LogP contribution in [0, 0.1) is 6.92 Å². The Labute approximate surface area is 201 Å².